The van der Waals surface area contributed by atoms with Gasteiger partial charge in [0.25, 0.3) is 0 Å². The van der Waals surface area contributed by atoms with Crippen molar-refractivity contribution in [2.24, 2.45) is 0 Å². The highest BCUT2D eigenvalue weighted by Gasteiger charge is 2.17. The molecule has 0 spiro atoms. The molecule has 1 saturated heterocycles. The second kappa shape index (κ2) is 6.16. The Morgan fingerprint density at radius 3 is 3.00 bits per heavy atom. The monoisotopic (exact) mass is 253 g/mol. The quantitative estimate of drug-likeness (QED) is 0.898. The summed E-state index contributed by atoms with van der Waals surface area (Å²) in [6.07, 6.45) is 2.25. The number of phenolic OH excluding ortho intramolecular Hbond substituents is 1. The summed E-state index contributed by atoms with van der Waals surface area (Å²) in [4.78, 5) is 2.26. The Kier molecular flexibility index (Phi) is 4.55. The van der Waals surface area contributed by atoms with Crippen LogP contribution >= 0.6 is 0 Å². The number of halogens is 1. The van der Waals surface area contributed by atoms with Crippen LogP contribution in [0, 0.1) is 5.82 Å². The van der Waals surface area contributed by atoms with Crippen molar-refractivity contribution in [3.8, 4) is 5.75 Å². The highest BCUT2D eigenvalue weighted by Crippen LogP contribution is 2.18. The predicted molar refractivity (Wildman–Crippen MR) is 68.0 cm³/mol. The number of rotatable bonds is 3. The summed E-state index contributed by atoms with van der Waals surface area (Å²) in [5, 5.41) is 9.39. The first kappa shape index (κ1) is 13.3. The predicted octanol–water partition coefficient (Wildman–Crippen LogP) is 2.53. The van der Waals surface area contributed by atoms with Crippen LogP contribution in [0.3, 0.4) is 0 Å². The van der Waals surface area contributed by atoms with E-state index < -0.39 is 0 Å². The fourth-order valence-electron chi connectivity index (χ4n) is 2.34. The summed E-state index contributed by atoms with van der Waals surface area (Å²) in [6.45, 7) is 5.39. The summed E-state index contributed by atoms with van der Waals surface area (Å²) in [5.74, 6) is -0.397. The highest BCUT2D eigenvalue weighted by molar-refractivity contribution is 5.28. The molecule has 0 radical (unpaired) electrons. The Morgan fingerprint density at radius 2 is 2.28 bits per heavy atom. The van der Waals surface area contributed by atoms with Crippen LogP contribution in [0.25, 0.3) is 0 Å². The Bertz CT molecular complexity index is 377. The second-order valence-corrected chi connectivity index (χ2v) is 4.81. The summed E-state index contributed by atoms with van der Waals surface area (Å²) in [6, 6.07) is 4.23. The van der Waals surface area contributed by atoms with Gasteiger partial charge in [0.15, 0.2) is 0 Å². The van der Waals surface area contributed by atoms with Gasteiger partial charge in [-0.05, 0) is 30.5 Å². The first-order valence-corrected chi connectivity index (χ1v) is 6.49. The molecule has 3 nitrogen and oxygen atoms in total. The van der Waals surface area contributed by atoms with Crippen LogP contribution in [0.4, 0.5) is 4.39 Å². The van der Waals surface area contributed by atoms with E-state index in [1.54, 1.807) is 6.07 Å². The maximum Gasteiger partial charge on any atom is 0.127 e. The lowest BCUT2D eigenvalue weighted by atomic mass is 10.1. The third-order valence-electron chi connectivity index (χ3n) is 3.24. The van der Waals surface area contributed by atoms with E-state index in [0.717, 1.165) is 44.2 Å². The fourth-order valence-corrected chi connectivity index (χ4v) is 2.34. The maximum atomic E-state index is 13.2. The van der Waals surface area contributed by atoms with Crippen LogP contribution in [0.2, 0.25) is 0 Å². The molecule has 1 unspecified atom stereocenters. The molecule has 0 saturated carbocycles. The van der Waals surface area contributed by atoms with Crippen LogP contribution in [-0.2, 0) is 11.3 Å². The van der Waals surface area contributed by atoms with Gasteiger partial charge in [0.2, 0.25) is 0 Å². The number of hydrogen-bond acceptors (Lipinski definition) is 3. The smallest absolute Gasteiger partial charge is 0.127 e. The van der Waals surface area contributed by atoms with E-state index in [2.05, 4.69) is 11.8 Å². The average molecular weight is 253 g/mol. The van der Waals surface area contributed by atoms with Crippen LogP contribution in [0.5, 0.6) is 5.75 Å². The van der Waals surface area contributed by atoms with Crippen molar-refractivity contribution in [2.75, 3.05) is 19.7 Å². The minimum absolute atomic E-state index is 0.0110. The lowest BCUT2D eigenvalue weighted by molar-refractivity contribution is 0.0510. The van der Waals surface area contributed by atoms with Crippen LogP contribution in [0.1, 0.15) is 25.3 Å². The zero-order chi connectivity index (χ0) is 13.0. The molecule has 1 aliphatic heterocycles. The molecule has 1 aliphatic rings. The van der Waals surface area contributed by atoms with Crippen molar-refractivity contribution in [2.45, 2.75) is 32.4 Å². The van der Waals surface area contributed by atoms with Crippen molar-refractivity contribution in [1.82, 2.24) is 4.90 Å². The molecule has 100 valence electrons. The lowest BCUT2D eigenvalue weighted by Crippen LogP contribution is -2.31. The van der Waals surface area contributed by atoms with E-state index in [1.807, 2.05) is 0 Å². The molecule has 4 heteroatoms. The topological polar surface area (TPSA) is 32.7 Å². The number of ether oxygens (including phenoxy) is 1. The van der Waals surface area contributed by atoms with Gasteiger partial charge in [-0.3, -0.25) is 4.90 Å². The third-order valence-corrected chi connectivity index (χ3v) is 3.24. The Labute approximate surface area is 107 Å². The van der Waals surface area contributed by atoms with Crippen molar-refractivity contribution in [3.63, 3.8) is 0 Å². The summed E-state index contributed by atoms with van der Waals surface area (Å²) >= 11 is 0. The van der Waals surface area contributed by atoms with E-state index in [4.69, 9.17) is 4.74 Å². The zero-order valence-corrected chi connectivity index (χ0v) is 10.7. The molecular formula is C14H20FNO2. The summed E-state index contributed by atoms with van der Waals surface area (Å²) < 4.78 is 18.9. The lowest BCUT2D eigenvalue weighted by Gasteiger charge is -2.23. The van der Waals surface area contributed by atoms with E-state index in [-0.39, 0.29) is 17.7 Å². The van der Waals surface area contributed by atoms with Crippen molar-refractivity contribution in [1.29, 1.82) is 0 Å². The highest BCUT2D eigenvalue weighted by atomic mass is 19.1. The van der Waals surface area contributed by atoms with Gasteiger partial charge in [0, 0.05) is 32.3 Å². The molecule has 1 aromatic carbocycles. The fraction of sp³-hybridized carbons (Fsp3) is 0.571. The Hall–Kier alpha value is -1.13. The number of hydrogen-bond donors (Lipinski definition) is 1. The zero-order valence-electron chi connectivity index (χ0n) is 10.7. The number of benzene rings is 1. The van der Waals surface area contributed by atoms with E-state index in [0.29, 0.717) is 6.54 Å². The molecular weight excluding hydrogens is 233 g/mol. The van der Waals surface area contributed by atoms with Crippen molar-refractivity contribution in [3.05, 3.63) is 29.6 Å². The molecule has 1 N–H and O–H groups in total. The van der Waals surface area contributed by atoms with Gasteiger partial charge < -0.3 is 9.84 Å². The Morgan fingerprint density at radius 1 is 1.44 bits per heavy atom. The number of aromatic hydroxyl groups is 1. The standard InChI is InChI=1S/C14H20FNO2/c1-2-14-10-16(4-3-5-18-14)9-11-6-12(15)8-13(17)7-11/h6-8,14,17H,2-5,9-10H2,1H3. The molecule has 1 fully saturated rings. The van der Waals surface area contributed by atoms with Crippen molar-refractivity contribution >= 4 is 0 Å². The molecule has 0 aromatic heterocycles. The third kappa shape index (κ3) is 3.68. The van der Waals surface area contributed by atoms with Gasteiger partial charge in [-0.15, -0.1) is 0 Å². The minimum Gasteiger partial charge on any atom is -0.508 e. The van der Waals surface area contributed by atoms with Gasteiger partial charge in [-0.2, -0.15) is 0 Å². The van der Waals surface area contributed by atoms with E-state index in [9.17, 15) is 9.50 Å². The molecule has 1 atom stereocenters. The molecule has 0 bridgehead atoms. The molecule has 0 aliphatic carbocycles. The molecule has 1 heterocycles. The van der Waals surface area contributed by atoms with E-state index in [1.165, 1.54) is 6.07 Å². The molecule has 1 aromatic rings. The van der Waals surface area contributed by atoms with Crippen LogP contribution < -0.4 is 0 Å². The summed E-state index contributed by atoms with van der Waals surface area (Å²) in [7, 11) is 0. The number of phenols is 1. The Balaban J connectivity index is 2.02. The first-order chi connectivity index (χ1) is 8.67. The maximum absolute atomic E-state index is 13.2. The second-order valence-electron chi connectivity index (χ2n) is 4.81. The summed E-state index contributed by atoms with van der Waals surface area (Å²) in [5.41, 5.74) is 0.809. The van der Waals surface area contributed by atoms with Gasteiger partial charge in [-0.25, -0.2) is 4.39 Å². The van der Waals surface area contributed by atoms with Gasteiger partial charge >= 0.3 is 0 Å². The van der Waals surface area contributed by atoms with Gasteiger partial charge in [-0.1, -0.05) is 6.92 Å². The first-order valence-electron chi connectivity index (χ1n) is 6.49. The normalized spacial score (nSPS) is 21.8. The van der Waals surface area contributed by atoms with Gasteiger partial charge in [0.1, 0.15) is 11.6 Å². The van der Waals surface area contributed by atoms with Crippen molar-refractivity contribution < 1.29 is 14.2 Å². The van der Waals surface area contributed by atoms with Crippen LogP contribution in [0.15, 0.2) is 18.2 Å². The SMILES string of the molecule is CCC1CN(Cc2cc(O)cc(F)c2)CCCO1. The molecule has 18 heavy (non-hydrogen) atoms. The molecule has 2 rings (SSSR count). The van der Waals surface area contributed by atoms with Gasteiger partial charge in [0.05, 0.1) is 6.10 Å². The van der Waals surface area contributed by atoms with E-state index >= 15 is 0 Å². The van der Waals surface area contributed by atoms with Crippen LogP contribution in [-0.4, -0.2) is 35.8 Å². The average Bonchev–Trinajstić information content (AvgIpc) is 2.52. The molecule has 0 amide bonds. The largest absolute Gasteiger partial charge is 0.508 e. The number of nitrogens with zero attached hydrogens (tertiary/aromatic N) is 1. The minimum atomic E-state index is -0.386.